The fraction of sp³-hybridized carbons (Fsp3) is 0.519. The first-order chi connectivity index (χ1) is 17.2. The zero-order valence-electron chi connectivity index (χ0n) is 20.9. The van der Waals surface area contributed by atoms with Crippen LogP contribution in [-0.4, -0.2) is 70.5 Å². The van der Waals surface area contributed by atoms with Gasteiger partial charge in [0, 0.05) is 6.42 Å². The van der Waals surface area contributed by atoms with Gasteiger partial charge in [-0.15, -0.1) is 0 Å². The number of hydrogen-bond acceptors (Lipinski definition) is 9. The fourth-order valence-electron chi connectivity index (χ4n) is 3.77. The Balaban J connectivity index is 1.74. The topological polar surface area (TPSA) is 135 Å². The highest BCUT2D eigenvalue weighted by atomic mass is 16.7. The number of benzene rings is 2. The van der Waals surface area contributed by atoms with E-state index in [1.807, 2.05) is 32.0 Å². The van der Waals surface area contributed by atoms with Crippen LogP contribution in [0.4, 0.5) is 4.79 Å². The van der Waals surface area contributed by atoms with Gasteiger partial charge in [0.25, 0.3) is 0 Å². The lowest BCUT2D eigenvalue weighted by atomic mass is 9.98. The van der Waals surface area contributed by atoms with Crippen LogP contribution < -0.4 is 4.74 Å². The highest BCUT2D eigenvalue weighted by Crippen LogP contribution is 2.29. The molecule has 5 atom stereocenters. The van der Waals surface area contributed by atoms with Crippen molar-refractivity contribution in [2.45, 2.75) is 70.9 Å². The minimum absolute atomic E-state index is 0.122. The number of ether oxygens (including phenoxy) is 4. The van der Waals surface area contributed by atoms with Gasteiger partial charge in [0.2, 0.25) is 6.29 Å². The van der Waals surface area contributed by atoms with Gasteiger partial charge in [-0.1, -0.05) is 57.2 Å². The van der Waals surface area contributed by atoms with Gasteiger partial charge in [0.1, 0.15) is 36.8 Å². The van der Waals surface area contributed by atoms with Crippen molar-refractivity contribution in [1.82, 2.24) is 0 Å². The number of carbonyl (C=O) groups is 1. The largest absolute Gasteiger partial charge is 0.508 e. The zero-order valence-corrected chi connectivity index (χ0v) is 20.9. The predicted molar refractivity (Wildman–Crippen MR) is 130 cm³/mol. The van der Waals surface area contributed by atoms with Crippen molar-refractivity contribution >= 4 is 6.16 Å². The molecule has 3 rings (SSSR count). The van der Waals surface area contributed by atoms with Gasteiger partial charge in [-0.05, 0) is 40.7 Å². The van der Waals surface area contributed by atoms with E-state index in [0.717, 1.165) is 17.5 Å². The SMILES string of the molecule is CCc1ccc(Cc2ccc(CO)cc2O[C@@H]2O[C@H](COC(=O)OCC(C)C)[C@@H](O)[C@H](O)[C@H]2O)cc1. The smallest absolute Gasteiger partial charge is 0.462 e. The maximum Gasteiger partial charge on any atom is 0.508 e. The molecule has 9 nitrogen and oxygen atoms in total. The highest BCUT2D eigenvalue weighted by molar-refractivity contribution is 5.59. The third kappa shape index (κ3) is 7.41. The second kappa shape index (κ2) is 13.0. The summed E-state index contributed by atoms with van der Waals surface area (Å²) < 4.78 is 21.6. The number of carbonyl (C=O) groups excluding carboxylic acids is 1. The molecule has 0 unspecified atom stereocenters. The molecule has 1 aliphatic heterocycles. The lowest BCUT2D eigenvalue weighted by Gasteiger charge is -2.40. The summed E-state index contributed by atoms with van der Waals surface area (Å²) in [4.78, 5) is 11.8. The molecule has 4 N–H and O–H groups in total. The molecule has 2 aromatic rings. The van der Waals surface area contributed by atoms with Gasteiger partial charge in [-0.25, -0.2) is 4.79 Å². The van der Waals surface area contributed by atoms with E-state index in [1.165, 1.54) is 5.56 Å². The Morgan fingerprint density at radius 3 is 2.25 bits per heavy atom. The van der Waals surface area contributed by atoms with E-state index >= 15 is 0 Å². The van der Waals surface area contributed by atoms with Crippen molar-refractivity contribution in [3.05, 3.63) is 64.7 Å². The average Bonchev–Trinajstić information content (AvgIpc) is 2.88. The van der Waals surface area contributed by atoms with Crippen LogP contribution in [0.3, 0.4) is 0 Å². The Bertz CT molecular complexity index is 976. The molecule has 1 heterocycles. The monoisotopic (exact) mass is 504 g/mol. The van der Waals surface area contributed by atoms with Crippen molar-refractivity contribution in [3.63, 3.8) is 0 Å². The normalized spacial score (nSPS) is 23.9. The number of rotatable bonds is 10. The average molecular weight is 505 g/mol. The van der Waals surface area contributed by atoms with Crippen molar-refractivity contribution in [2.24, 2.45) is 5.92 Å². The zero-order chi connectivity index (χ0) is 26.2. The molecule has 0 aliphatic carbocycles. The van der Waals surface area contributed by atoms with Crippen LogP contribution in [0.15, 0.2) is 42.5 Å². The first kappa shape index (κ1) is 27.9. The first-order valence-electron chi connectivity index (χ1n) is 12.2. The quantitative estimate of drug-likeness (QED) is 0.360. The van der Waals surface area contributed by atoms with Crippen LogP contribution in [-0.2, 0) is 33.7 Å². The third-order valence-electron chi connectivity index (χ3n) is 5.95. The van der Waals surface area contributed by atoms with Gasteiger partial charge in [-0.3, -0.25) is 0 Å². The van der Waals surface area contributed by atoms with Crippen LogP contribution in [0.5, 0.6) is 5.75 Å². The fourth-order valence-corrected chi connectivity index (χ4v) is 3.77. The Hall–Kier alpha value is -2.69. The molecule has 0 bridgehead atoms. The minimum atomic E-state index is -1.60. The van der Waals surface area contributed by atoms with E-state index in [0.29, 0.717) is 17.7 Å². The molecule has 36 heavy (non-hydrogen) atoms. The Morgan fingerprint density at radius 2 is 1.61 bits per heavy atom. The summed E-state index contributed by atoms with van der Waals surface area (Å²) in [5.74, 6) is 0.474. The number of aryl methyl sites for hydroxylation is 1. The molecule has 1 aliphatic rings. The summed E-state index contributed by atoms with van der Waals surface area (Å²) in [7, 11) is 0. The summed E-state index contributed by atoms with van der Waals surface area (Å²) in [6.45, 7) is 5.39. The third-order valence-corrected chi connectivity index (χ3v) is 5.95. The molecule has 1 saturated heterocycles. The predicted octanol–water partition coefficient (Wildman–Crippen LogP) is 2.33. The molecule has 9 heteroatoms. The van der Waals surface area contributed by atoms with E-state index in [2.05, 4.69) is 19.1 Å². The standard InChI is InChI=1S/C27H36O9/c1-4-17-5-7-18(8-6-17)11-20-10-9-19(13-28)12-21(20)35-26-25(31)24(30)23(29)22(36-26)15-34-27(32)33-14-16(2)3/h5-10,12,16,22-26,28-31H,4,11,13-15H2,1-3H3/t22-,23-,24+,25-,26-/m1/s1. The van der Waals surface area contributed by atoms with Crippen molar-refractivity contribution in [2.75, 3.05) is 13.2 Å². The molecule has 198 valence electrons. The lowest BCUT2D eigenvalue weighted by Crippen LogP contribution is -2.60. The van der Waals surface area contributed by atoms with Crippen LogP contribution in [0.1, 0.15) is 43.0 Å². The number of aliphatic hydroxyl groups excluding tert-OH is 4. The first-order valence-corrected chi connectivity index (χ1v) is 12.2. The summed E-state index contributed by atoms with van der Waals surface area (Å²) >= 11 is 0. The summed E-state index contributed by atoms with van der Waals surface area (Å²) in [6, 6.07) is 13.4. The summed E-state index contributed by atoms with van der Waals surface area (Å²) in [5.41, 5.74) is 3.63. The van der Waals surface area contributed by atoms with E-state index in [4.69, 9.17) is 18.9 Å². The van der Waals surface area contributed by atoms with E-state index in [-0.39, 0.29) is 19.1 Å². The van der Waals surface area contributed by atoms with Crippen molar-refractivity contribution in [1.29, 1.82) is 0 Å². The minimum Gasteiger partial charge on any atom is -0.462 e. The van der Waals surface area contributed by atoms with E-state index in [9.17, 15) is 25.2 Å². The number of hydrogen-bond donors (Lipinski definition) is 4. The Kier molecular flexibility index (Phi) is 10.1. The van der Waals surface area contributed by atoms with Gasteiger partial charge < -0.3 is 39.4 Å². The second-order valence-corrected chi connectivity index (χ2v) is 9.35. The molecule has 0 spiro atoms. The van der Waals surface area contributed by atoms with Gasteiger partial charge in [0.05, 0.1) is 13.2 Å². The molecule has 1 fully saturated rings. The highest BCUT2D eigenvalue weighted by Gasteiger charge is 2.45. The van der Waals surface area contributed by atoms with Crippen LogP contribution in [0.25, 0.3) is 0 Å². The summed E-state index contributed by atoms with van der Waals surface area (Å²) in [5, 5.41) is 40.9. The van der Waals surface area contributed by atoms with Crippen molar-refractivity contribution < 1.29 is 44.2 Å². The molecule has 0 radical (unpaired) electrons. The van der Waals surface area contributed by atoms with Gasteiger partial charge in [-0.2, -0.15) is 0 Å². The summed E-state index contributed by atoms with van der Waals surface area (Å²) in [6.07, 6.45) is -6.68. The molecular formula is C27H36O9. The lowest BCUT2D eigenvalue weighted by molar-refractivity contribution is -0.278. The van der Waals surface area contributed by atoms with E-state index in [1.54, 1.807) is 12.1 Å². The van der Waals surface area contributed by atoms with Gasteiger partial charge in [0.15, 0.2) is 0 Å². The molecule has 0 saturated carbocycles. The Labute approximate surface area is 211 Å². The van der Waals surface area contributed by atoms with E-state index < -0.39 is 43.5 Å². The molecule has 0 aromatic heterocycles. The maximum absolute atomic E-state index is 11.8. The van der Waals surface area contributed by atoms with Crippen LogP contribution >= 0.6 is 0 Å². The Morgan fingerprint density at radius 1 is 0.944 bits per heavy atom. The molecule has 2 aromatic carbocycles. The van der Waals surface area contributed by atoms with Gasteiger partial charge >= 0.3 is 6.16 Å². The van der Waals surface area contributed by atoms with Crippen LogP contribution in [0, 0.1) is 5.92 Å². The van der Waals surface area contributed by atoms with Crippen LogP contribution in [0.2, 0.25) is 0 Å². The second-order valence-electron chi connectivity index (χ2n) is 9.35. The molecule has 0 amide bonds. The molecular weight excluding hydrogens is 468 g/mol. The maximum atomic E-state index is 11.8. The number of aliphatic hydroxyl groups is 4. The van der Waals surface area contributed by atoms with Crippen molar-refractivity contribution in [3.8, 4) is 5.75 Å².